The zero-order chi connectivity index (χ0) is 13.1. The topological polar surface area (TPSA) is 51.4 Å². The number of hydrogen-bond acceptors (Lipinski definition) is 4. The fourth-order valence-electron chi connectivity index (χ4n) is 2.36. The van der Waals surface area contributed by atoms with Gasteiger partial charge in [0.1, 0.15) is 0 Å². The average Bonchev–Trinajstić information content (AvgIpc) is 2.38. The third kappa shape index (κ3) is 3.07. The highest BCUT2D eigenvalue weighted by molar-refractivity contribution is 5.21. The Balaban J connectivity index is 2.06. The Labute approximate surface area is 109 Å². The molecule has 2 unspecified atom stereocenters. The molecule has 1 aromatic heterocycles. The number of pyridine rings is 1. The zero-order valence-electron chi connectivity index (χ0n) is 11.5. The van der Waals surface area contributed by atoms with Crippen molar-refractivity contribution in [2.24, 2.45) is 5.73 Å². The fraction of sp³-hybridized carbons (Fsp3) is 0.643. The third-order valence-electron chi connectivity index (χ3n) is 3.54. The van der Waals surface area contributed by atoms with Crippen molar-refractivity contribution in [3.05, 3.63) is 29.6 Å². The lowest BCUT2D eigenvalue weighted by molar-refractivity contribution is -0.0503. The number of rotatable bonds is 3. The highest BCUT2D eigenvalue weighted by Crippen LogP contribution is 2.21. The molecule has 4 heteroatoms. The van der Waals surface area contributed by atoms with Gasteiger partial charge in [-0.25, -0.2) is 0 Å². The molecule has 0 radical (unpaired) electrons. The van der Waals surface area contributed by atoms with Gasteiger partial charge in [0.05, 0.1) is 18.8 Å². The first-order chi connectivity index (χ1) is 8.58. The summed E-state index contributed by atoms with van der Waals surface area (Å²) in [6.45, 7) is 9.10. The predicted octanol–water partition coefficient (Wildman–Crippen LogP) is 1.50. The van der Waals surface area contributed by atoms with Gasteiger partial charge in [0, 0.05) is 31.5 Å². The first kappa shape index (κ1) is 13.5. The number of morpholine rings is 1. The second-order valence-corrected chi connectivity index (χ2v) is 5.32. The van der Waals surface area contributed by atoms with E-state index in [4.69, 9.17) is 10.5 Å². The van der Waals surface area contributed by atoms with Crippen molar-refractivity contribution in [3.63, 3.8) is 0 Å². The van der Waals surface area contributed by atoms with Gasteiger partial charge in [0.25, 0.3) is 0 Å². The van der Waals surface area contributed by atoms with Crippen LogP contribution in [0.3, 0.4) is 0 Å². The molecule has 1 saturated heterocycles. The van der Waals surface area contributed by atoms with Crippen LogP contribution in [0.15, 0.2) is 18.5 Å². The summed E-state index contributed by atoms with van der Waals surface area (Å²) >= 11 is 0. The lowest BCUT2D eigenvalue weighted by Gasteiger charge is -2.37. The molecule has 0 aliphatic carbocycles. The lowest BCUT2D eigenvalue weighted by atomic mass is 10.0. The molecule has 2 N–H and O–H groups in total. The molecule has 2 heterocycles. The monoisotopic (exact) mass is 249 g/mol. The molecule has 4 nitrogen and oxygen atoms in total. The molecule has 0 saturated carbocycles. The molecule has 2 atom stereocenters. The Kier molecular flexibility index (Phi) is 4.32. The molecule has 18 heavy (non-hydrogen) atoms. The summed E-state index contributed by atoms with van der Waals surface area (Å²) in [5.41, 5.74) is 8.51. The summed E-state index contributed by atoms with van der Waals surface area (Å²) in [4.78, 5) is 6.62. The zero-order valence-corrected chi connectivity index (χ0v) is 11.5. The molecule has 0 amide bonds. The predicted molar refractivity (Wildman–Crippen MR) is 72.4 cm³/mol. The molecule has 100 valence electrons. The van der Waals surface area contributed by atoms with E-state index in [9.17, 15) is 0 Å². The number of hydrogen-bond donors (Lipinski definition) is 1. The van der Waals surface area contributed by atoms with Crippen LogP contribution in [0.25, 0.3) is 0 Å². The van der Waals surface area contributed by atoms with Crippen LogP contribution < -0.4 is 5.73 Å². The molecular weight excluding hydrogens is 226 g/mol. The maximum Gasteiger partial charge on any atom is 0.0895 e. The number of ether oxygens (including phenoxy) is 1. The minimum Gasteiger partial charge on any atom is -0.374 e. The van der Waals surface area contributed by atoms with E-state index in [0.29, 0.717) is 6.04 Å². The van der Waals surface area contributed by atoms with Gasteiger partial charge in [0.15, 0.2) is 0 Å². The fourth-order valence-corrected chi connectivity index (χ4v) is 2.36. The van der Waals surface area contributed by atoms with Gasteiger partial charge >= 0.3 is 0 Å². The van der Waals surface area contributed by atoms with Gasteiger partial charge in [-0.1, -0.05) is 6.07 Å². The summed E-state index contributed by atoms with van der Waals surface area (Å²) in [6, 6.07) is 2.54. The summed E-state index contributed by atoms with van der Waals surface area (Å²) in [5.74, 6) is 0. The Morgan fingerprint density at radius 1 is 1.44 bits per heavy atom. The first-order valence-corrected chi connectivity index (χ1v) is 6.60. The average molecular weight is 249 g/mol. The van der Waals surface area contributed by atoms with E-state index in [1.165, 1.54) is 0 Å². The van der Waals surface area contributed by atoms with E-state index in [2.05, 4.69) is 29.8 Å². The molecule has 0 bridgehead atoms. The van der Waals surface area contributed by atoms with E-state index >= 15 is 0 Å². The highest BCUT2D eigenvalue weighted by Gasteiger charge is 2.28. The van der Waals surface area contributed by atoms with Crippen LogP contribution in [0.4, 0.5) is 0 Å². The summed E-state index contributed by atoms with van der Waals surface area (Å²) in [7, 11) is 0. The van der Waals surface area contributed by atoms with Gasteiger partial charge in [-0.15, -0.1) is 0 Å². The van der Waals surface area contributed by atoms with Crippen LogP contribution in [0.5, 0.6) is 0 Å². The van der Waals surface area contributed by atoms with Crippen molar-refractivity contribution < 1.29 is 4.74 Å². The van der Waals surface area contributed by atoms with Crippen LogP contribution in [-0.4, -0.2) is 41.7 Å². The smallest absolute Gasteiger partial charge is 0.0895 e. The van der Waals surface area contributed by atoms with Gasteiger partial charge in [-0.3, -0.25) is 9.88 Å². The SMILES string of the molecule is Cc1cncc(C(N)C2CN(C(C)C)CCO2)c1. The van der Waals surface area contributed by atoms with E-state index in [1.807, 2.05) is 19.3 Å². The molecule has 1 aromatic rings. The standard InChI is InChI=1S/C14H23N3O/c1-10(2)17-4-5-18-13(9-17)14(15)12-6-11(3)7-16-8-12/h6-8,10,13-14H,4-5,9,15H2,1-3H3. The molecule has 1 fully saturated rings. The Morgan fingerprint density at radius 2 is 2.22 bits per heavy atom. The summed E-state index contributed by atoms with van der Waals surface area (Å²) < 4.78 is 5.82. The second kappa shape index (κ2) is 5.78. The normalized spacial score (nSPS) is 23.3. The first-order valence-electron chi connectivity index (χ1n) is 6.60. The summed E-state index contributed by atoms with van der Waals surface area (Å²) in [5, 5.41) is 0. The van der Waals surface area contributed by atoms with Gasteiger partial charge in [0.2, 0.25) is 0 Å². The highest BCUT2D eigenvalue weighted by atomic mass is 16.5. The van der Waals surface area contributed by atoms with Crippen LogP contribution in [-0.2, 0) is 4.74 Å². The largest absolute Gasteiger partial charge is 0.374 e. The van der Waals surface area contributed by atoms with Gasteiger partial charge < -0.3 is 10.5 Å². The van der Waals surface area contributed by atoms with Crippen LogP contribution in [0.1, 0.15) is 31.0 Å². The maximum atomic E-state index is 6.31. The second-order valence-electron chi connectivity index (χ2n) is 5.32. The molecule has 0 spiro atoms. The van der Waals surface area contributed by atoms with E-state index in [0.717, 1.165) is 30.8 Å². The van der Waals surface area contributed by atoms with Crippen molar-refractivity contribution in [1.82, 2.24) is 9.88 Å². The molecule has 0 aromatic carbocycles. The van der Waals surface area contributed by atoms with Gasteiger partial charge in [-0.2, -0.15) is 0 Å². The number of aryl methyl sites for hydroxylation is 1. The van der Waals surface area contributed by atoms with E-state index in [-0.39, 0.29) is 12.1 Å². The van der Waals surface area contributed by atoms with E-state index < -0.39 is 0 Å². The third-order valence-corrected chi connectivity index (χ3v) is 3.54. The molecule has 1 aliphatic rings. The van der Waals surface area contributed by atoms with Crippen molar-refractivity contribution in [3.8, 4) is 0 Å². The van der Waals surface area contributed by atoms with Gasteiger partial charge in [-0.05, 0) is 31.9 Å². The lowest BCUT2D eigenvalue weighted by Crippen LogP contribution is -2.49. The number of nitrogens with two attached hydrogens (primary N) is 1. The van der Waals surface area contributed by atoms with Crippen molar-refractivity contribution >= 4 is 0 Å². The van der Waals surface area contributed by atoms with Crippen molar-refractivity contribution in [2.75, 3.05) is 19.7 Å². The number of aromatic nitrogens is 1. The quantitative estimate of drug-likeness (QED) is 0.882. The minimum atomic E-state index is -0.0982. The molecule has 2 rings (SSSR count). The van der Waals surface area contributed by atoms with E-state index in [1.54, 1.807) is 0 Å². The van der Waals surface area contributed by atoms with Crippen LogP contribution in [0, 0.1) is 6.92 Å². The Bertz CT molecular complexity index is 394. The van der Waals surface area contributed by atoms with Crippen molar-refractivity contribution in [1.29, 1.82) is 0 Å². The maximum absolute atomic E-state index is 6.31. The van der Waals surface area contributed by atoms with Crippen molar-refractivity contribution in [2.45, 2.75) is 39.0 Å². The Hall–Kier alpha value is -0.970. The molecule has 1 aliphatic heterocycles. The summed E-state index contributed by atoms with van der Waals surface area (Å²) in [6.07, 6.45) is 3.75. The minimum absolute atomic E-state index is 0.0600. The van der Waals surface area contributed by atoms with Crippen LogP contribution >= 0.6 is 0 Å². The van der Waals surface area contributed by atoms with Crippen LogP contribution in [0.2, 0.25) is 0 Å². The number of nitrogens with zero attached hydrogens (tertiary/aromatic N) is 2. The Morgan fingerprint density at radius 3 is 2.89 bits per heavy atom. The molecular formula is C14H23N3O.